The van der Waals surface area contributed by atoms with Crippen LogP contribution in [-0.2, 0) is 0 Å². The predicted octanol–water partition coefficient (Wildman–Crippen LogP) is 2.19. The minimum absolute atomic E-state index is 0.0843. The Morgan fingerprint density at radius 1 is 1.43 bits per heavy atom. The van der Waals surface area contributed by atoms with Crippen LogP contribution in [0.2, 0.25) is 0 Å². The zero-order chi connectivity index (χ0) is 10.8. The predicted molar refractivity (Wildman–Crippen MR) is 57.6 cm³/mol. The normalized spacial score (nSPS) is 11.8. The van der Waals surface area contributed by atoms with Crippen LogP contribution >= 0.6 is 0 Å². The van der Waals surface area contributed by atoms with Crippen LogP contribution in [0.1, 0.15) is 26.0 Å². The Morgan fingerprint density at radius 3 is 2.50 bits per heavy atom. The molecule has 1 rings (SSSR count). The first-order valence-electron chi connectivity index (χ1n) is 4.88. The van der Waals surface area contributed by atoms with E-state index in [0.29, 0.717) is 0 Å². The highest BCUT2D eigenvalue weighted by atomic mass is 16.4. The molecule has 0 aliphatic carbocycles. The molecular weight excluding hydrogens is 178 g/mol. The van der Waals surface area contributed by atoms with Gasteiger partial charge in [-0.2, -0.15) is 0 Å². The van der Waals surface area contributed by atoms with E-state index in [2.05, 4.69) is 18.7 Å². The second-order valence-electron chi connectivity index (χ2n) is 4.23. The summed E-state index contributed by atoms with van der Waals surface area (Å²) in [5.74, 6) is 1.76. The Morgan fingerprint density at radius 2 is 2.07 bits per heavy atom. The molecule has 3 heteroatoms. The topological polar surface area (TPSA) is 36.6 Å². The first-order chi connectivity index (χ1) is 6.47. The summed E-state index contributed by atoms with van der Waals surface area (Å²) >= 11 is 0. The standard InChI is InChI=1S/C11H19NO2/c1-9-5-6-10(14-9)12(4)11(2,3)7-8-13/h5-6,13H,7-8H2,1-4H3. The second kappa shape index (κ2) is 4.05. The molecule has 0 radical (unpaired) electrons. The summed E-state index contributed by atoms with van der Waals surface area (Å²) in [6, 6.07) is 3.90. The van der Waals surface area contributed by atoms with E-state index in [0.717, 1.165) is 18.1 Å². The van der Waals surface area contributed by atoms with Gasteiger partial charge in [0.25, 0.3) is 0 Å². The highest BCUT2D eigenvalue weighted by Gasteiger charge is 2.24. The third-order valence-electron chi connectivity index (χ3n) is 2.69. The molecule has 14 heavy (non-hydrogen) atoms. The monoisotopic (exact) mass is 197 g/mol. The fourth-order valence-corrected chi connectivity index (χ4v) is 1.34. The Kier molecular flexibility index (Phi) is 3.21. The van der Waals surface area contributed by atoms with E-state index < -0.39 is 0 Å². The van der Waals surface area contributed by atoms with Gasteiger partial charge in [-0.1, -0.05) is 0 Å². The van der Waals surface area contributed by atoms with Crippen molar-refractivity contribution in [3.63, 3.8) is 0 Å². The molecule has 0 atom stereocenters. The third-order valence-corrected chi connectivity index (χ3v) is 2.69. The molecule has 80 valence electrons. The van der Waals surface area contributed by atoms with Gasteiger partial charge in [-0.05, 0) is 33.3 Å². The maximum absolute atomic E-state index is 8.95. The molecule has 0 bridgehead atoms. The molecule has 1 aromatic rings. The van der Waals surface area contributed by atoms with Gasteiger partial charge >= 0.3 is 0 Å². The molecule has 1 heterocycles. The Hall–Kier alpha value is -0.960. The molecular formula is C11H19NO2. The van der Waals surface area contributed by atoms with Crippen molar-refractivity contribution in [1.29, 1.82) is 0 Å². The van der Waals surface area contributed by atoms with Gasteiger partial charge < -0.3 is 14.4 Å². The van der Waals surface area contributed by atoms with Crippen LogP contribution < -0.4 is 4.90 Å². The first-order valence-corrected chi connectivity index (χ1v) is 4.88. The van der Waals surface area contributed by atoms with Crippen molar-refractivity contribution in [2.24, 2.45) is 0 Å². The Balaban J connectivity index is 2.78. The fraction of sp³-hybridized carbons (Fsp3) is 0.636. The van der Waals surface area contributed by atoms with Gasteiger partial charge in [-0.15, -0.1) is 0 Å². The number of aliphatic hydroxyl groups is 1. The van der Waals surface area contributed by atoms with Gasteiger partial charge in [0.15, 0.2) is 5.88 Å². The van der Waals surface area contributed by atoms with Crippen LogP contribution in [0.15, 0.2) is 16.5 Å². The second-order valence-corrected chi connectivity index (χ2v) is 4.23. The van der Waals surface area contributed by atoms with Crippen molar-refractivity contribution in [3.8, 4) is 0 Å². The number of aliphatic hydroxyl groups excluding tert-OH is 1. The third kappa shape index (κ3) is 2.29. The minimum Gasteiger partial charge on any atom is -0.446 e. The van der Waals surface area contributed by atoms with Crippen molar-refractivity contribution < 1.29 is 9.52 Å². The molecule has 1 N–H and O–H groups in total. The van der Waals surface area contributed by atoms with Gasteiger partial charge in [0, 0.05) is 25.3 Å². The largest absolute Gasteiger partial charge is 0.446 e. The van der Waals surface area contributed by atoms with E-state index in [9.17, 15) is 0 Å². The van der Waals surface area contributed by atoms with E-state index in [1.165, 1.54) is 0 Å². The first kappa shape index (κ1) is 11.1. The van der Waals surface area contributed by atoms with Gasteiger partial charge in [-0.3, -0.25) is 0 Å². The molecule has 0 aromatic carbocycles. The summed E-state index contributed by atoms with van der Waals surface area (Å²) in [6.07, 6.45) is 0.725. The van der Waals surface area contributed by atoms with Crippen LogP contribution in [0.4, 0.5) is 5.88 Å². The Labute approximate surface area is 85.3 Å². The molecule has 0 amide bonds. The molecule has 0 saturated heterocycles. The summed E-state index contributed by atoms with van der Waals surface area (Å²) < 4.78 is 5.52. The average Bonchev–Trinajstić information content (AvgIpc) is 2.50. The highest BCUT2D eigenvalue weighted by Crippen LogP contribution is 2.26. The Bertz CT molecular complexity index is 291. The minimum atomic E-state index is -0.0843. The maximum Gasteiger partial charge on any atom is 0.195 e. The maximum atomic E-state index is 8.95. The van der Waals surface area contributed by atoms with Crippen LogP contribution in [-0.4, -0.2) is 24.3 Å². The van der Waals surface area contributed by atoms with Crippen LogP contribution in [0, 0.1) is 6.92 Å². The van der Waals surface area contributed by atoms with Gasteiger partial charge in [0.2, 0.25) is 0 Å². The number of rotatable bonds is 4. The summed E-state index contributed by atoms with van der Waals surface area (Å²) in [6.45, 7) is 6.29. The number of aryl methyl sites for hydroxylation is 1. The van der Waals surface area contributed by atoms with Gasteiger partial charge in [0.05, 0.1) is 0 Å². The smallest absolute Gasteiger partial charge is 0.195 e. The quantitative estimate of drug-likeness (QED) is 0.803. The summed E-state index contributed by atoms with van der Waals surface area (Å²) in [7, 11) is 1.98. The lowest BCUT2D eigenvalue weighted by Gasteiger charge is -2.35. The van der Waals surface area contributed by atoms with Gasteiger partial charge in [-0.25, -0.2) is 0 Å². The molecule has 0 unspecified atom stereocenters. The van der Waals surface area contributed by atoms with Crippen molar-refractivity contribution in [2.45, 2.75) is 32.7 Å². The van der Waals surface area contributed by atoms with Crippen LogP contribution in [0.5, 0.6) is 0 Å². The van der Waals surface area contributed by atoms with Crippen LogP contribution in [0.3, 0.4) is 0 Å². The lowest BCUT2D eigenvalue weighted by molar-refractivity contribution is 0.247. The molecule has 0 fully saturated rings. The average molecular weight is 197 g/mol. The summed E-state index contributed by atoms with van der Waals surface area (Å²) in [4.78, 5) is 2.05. The molecule has 0 spiro atoms. The fourth-order valence-electron chi connectivity index (χ4n) is 1.34. The number of hydrogen-bond donors (Lipinski definition) is 1. The molecule has 0 aliphatic heterocycles. The van der Waals surface area contributed by atoms with Gasteiger partial charge in [0.1, 0.15) is 5.76 Å². The van der Waals surface area contributed by atoms with E-state index in [1.54, 1.807) is 0 Å². The van der Waals surface area contributed by atoms with Crippen LogP contribution in [0.25, 0.3) is 0 Å². The zero-order valence-electron chi connectivity index (χ0n) is 9.37. The highest BCUT2D eigenvalue weighted by molar-refractivity contribution is 5.38. The zero-order valence-corrected chi connectivity index (χ0v) is 9.37. The molecule has 0 saturated carbocycles. The van der Waals surface area contributed by atoms with Crippen molar-refractivity contribution >= 4 is 5.88 Å². The number of furan rings is 1. The summed E-state index contributed by atoms with van der Waals surface area (Å²) in [5, 5.41) is 8.95. The van der Waals surface area contributed by atoms with E-state index in [-0.39, 0.29) is 12.1 Å². The molecule has 3 nitrogen and oxygen atoms in total. The lowest BCUT2D eigenvalue weighted by atomic mass is 9.99. The van der Waals surface area contributed by atoms with Crippen molar-refractivity contribution in [3.05, 3.63) is 17.9 Å². The number of hydrogen-bond acceptors (Lipinski definition) is 3. The van der Waals surface area contributed by atoms with E-state index in [1.807, 2.05) is 26.1 Å². The number of anilines is 1. The summed E-state index contributed by atoms with van der Waals surface area (Å²) in [5.41, 5.74) is -0.0843. The van der Waals surface area contributed by atoms with E-state index >= 15 is 0 Å². The lowest BCUT2D eigenvalue weighted by Crippen LogP contribution is -2.41. The number of nitrogens with zero attached hydrogens (tertiary/aromatic N) is 1. The SMILES string of the molecule is Cc1ccc(N(C)C(C)(C)CCO)o1. The molecule has 0 aliphatic rings. The van der Waals surface area contributed by atoms with E-state index in [4.69, 9.17) is 9.52 Å². The van der Waals surface area contributed by atoms with Crippen molar-refractivity contribution in [1.82, 2.24) is 0 Å². The molecule has 1 aromatic heterocycles. The van der Waals surface area contributed by atoms with Crippen molar-refractivity contribution in [2.75, 3.05) is 18.6 Å².